The SMILES string of the molecule is CCOCCCC(O)Cc1ccc(Cl)s1. The number of hydrogen-bond donors (Lipinski definition) is 1. The summed E-state index contributed by atoms with van der Waals surface area (Å²) in [6.07, 6.45) is 2.12. The number of hydrogen-bond acceptors (Lipinski definition) is 3. The maximum Gasteiger partial charge on any atom is 0.0931 e. The monoisotopic (exact) mass is 248 g/mol. The van der Waals surface area contributed by atoms with Crippen LogP contribution in [0.2, 0.25) is 4.34 Å². The van der Waals surface area contributed by atoms with Gasteiger partial charge >= 0.3 is 0 Å². The van der Waals surface area contributed by atoms with Gasteiger partial charge in [0.1, 0.15) is 0 Å². The van der Waals surface area contributed by atoms with Gasteiger partial charge in [0.25, 0.3) is 0 Å². The summed E-state index contributed by atoms with van der Waals surface area (Å²) >= 11 is 7.34. The third-order valence-corrected chi connectivity index (χ3v) is 3.35. The molecule has 1 rings (SSSR count). The van der Waals surface area contributed by atoms with Crippen LogP contribution in [0.1, 0.15) is 24.6 Å². The minimum atomic E-state index is -0.278. The summed E-state index contributed by atoms with van der Waals surface area (Å²) in [6.45, 7) is 3.46. The third kappa shape index (κ3) is 5.52. The standard InChI is InChI=1S/C11H17ClO2S/c1-2-14-7-3-4-9(13)8-10-5-6-11(12)15-10/h5-6,9,13H,2-4,7-8H2,1H3. The van der Waals surface area contributed by atoms with Gasteiger partial charge in [0.15, 0.2) is 0 Å². The molecule has 0 radical (unpaired) electrons. The van der Waals surface area contributed by atoms with Gasteiger partial charge in [-0.1, -0.05) is 11.6 Å². The fourth-order valence-electron chi connectivity index (χ4n) is 1.36. The smallest absolute Gasteiger partial charge is 0.0931 e. The van der Waals surface area contributed by atoms with Crippen molar-refractivity contribution in [2.75, 3.05) is 13.2 Å². The molecule has 1 heterocycles. The Morgan fingerprint density at radius 3 is 2.93 bits per heavy atom. The minimum Gasteiger partial charge on any atom is -0.393 e. The molecule has 15 heavy (non-hydrogen) atoms. The lowest BCUT2D eigenvalue weighted by molar-refractivity contribution is 0.114. The van der Waals surface area contributed by atoms with Crippen molar-refractivity contribution >= 4 is 22.9 Å². The van der Waals surface area contributed by atoms with Crippen molar-refractivity contribution in [3.8, 4) is 0 Å². The zero-order chi connectivity index (χ0) is 11.1. The van der Waals surface area contributed by atoms with E-state index in [0.29, 0.717) is 6.42 Å². The number of halogens is 1. The van der Waals surface area contributed by atoms with Gasteiger partial charge in [-0.15, -0.1) is 11.3 Å². The molecule has 0 aliphatic rings. The maximum absolute atomic E-state index is 9.72. The van der Waals surface area contributed by atoms with Gasteiger partial charge in [0.2, 0.25) is 0 Å². The molecule has 0 aromatic carbocycles. The summed E-state index contributed by atoms with van der Waals surface area (Å²) in [7, 11) is 0. The molecule has 0 aliphatic heterocycles. The lowest BCUT2D eigenvalue weighted by Crippen LogP contribution is -2.10. The molecule has 2 nitrogen and oxygen atoms in total. The van der Waals surface area contributed by atoms with Crippen molar-refractivity contribution in [2.24, 2.45) is 0 Å². The van der Waals surface area contributed by atoms with Crippen molar-refractivity contribution in [3.05, 3.63) is 21.3 Å². The number of aliphatic hydroxyl groups excluding tert-OH is 1. The molecule has 1 atom stereocenters. The Labute approximate surface area is 99.8 Å². The van der Waals surface area contributed by atoms with E-state index in [1.807, 2.05) is 19.1 Å². The molecular formula is C11H17ClO2S. The van der Waals surface area contributed by atoms with Crippen LogP contribution in [-0.2, 0) is 11.2 Å². The van der Waals surface area contributed by atoms with Crippen molar-refractivity contribution in [1.29, 1.82) is 0 Å². The maximum atomic E-state index is 9.72. The first-order chi connectivity index (χ1) is 7.22. The van der Waals surface area contributed by atoms with Crippen LogP contribution in [0.15, 0.2) is 12.1 Å². The second-order valence-electron chi connectivity index (χ2n) is 3.40. The van der Waals surface area contributed by atoms with E-state index in [2.05, 4.69) is 0 Å². The topological polar surface area (TPSA) is 29.5 Å². The first kappa shape index (κ1) is 13.0. The quantitative estimate of drug-likeness (QED) is 0.752. The molecular weight excluding hydrogens is 232 g/mol. The van der Waals surface area contributed by atoms with Crippen LogP contribution >= 0.6 is 22.9 Å². The van der Waals surface area contributed by atoms with Gasteiger partial charge in [0, 0.05) is 24.5 Å². The van der Waals surface area contributed by atoms with Crippen molar-refractivity contribution in [1.82, 2.24) is 0 Å². The molecule has 1 aromatic heterocycles. The zero-order valence-corrected chi connectivity index (χ0v) is 10.5. The molecule has 1 aromatic rings. The summed E-state index contributed by atoms with van der Waals surface area (Å²) in [5, 5.41) is 9.72. The summed E-state index contributed by atoms with van der Waals surface area (Å²) < 4.78 is 5.99. The Kier molecular flexibility index (Phi) is 6.25. The summed E-state index contributed by atoms with van der Waals surface area (Å²) in [6, 6.07) is 3.84. The van der Waals surface area contributed by atoms with Gasteiger partial charge < -0.3 is 9.84 Å². The van der Waals surface area contributed by atoms with Crippen LogP contribution in [0.4, 0.5) is 0 Å². The summed E-state index contributed by atoms with van der Waals surface area (Å²) in [5.41, 5.74) is 0. The van der Waals surface area contributed by atoms with E-state index in [9.17, 15) is 5.11 Å². The Morgan fingerprint density at radius 2 is 2.33 bits per heavy atom. The second kappa shape index (κ2) is 7.23. The van der Waals surface area contributed by atoms with E-state index in [-0.39, 0.29) is 6.10 Å². The lowest BCUT2D eigenvalue weighted by atomic mass is 10.1. The van der Waals surface area contributed by atoms with Gasteiger partial charge in [-0.2, -0.15) is 0 Å². The highest BCUT2D eigenvalue weighted by atomic mass is 35.5. The first-order valence-corrected chi connectivity index (χ1v) is 6.42. The largest absolute Gasteiger partial charge is 0.393 e. The lowest BCUT2D eigenvalue weighted by Gasteiger charge is -2.08. The molecule has 0 fully saturated rings. The fraction of sp³-hybridized carbons (Fsp3) is 0.636. The van der Waals surface area contributed by atoms with Gasteiger partial charge in [0.05, 0.1) is 10.4 Å². The van der Waals surface area contributed by atoms with Crippen LogP contribution in [0, 0.1) is 0 Å². The van der Waals surface area contributed by atoms with Crippen molar-refractivity contribution in [3.63, 3.8) is 0 Å². The van der Waals surface area contributed by atoms with E-state index >= 15 is 0 Å². The normalized spacial score (nSPS) is 13.0. The number of ether oxygens (including phenoxy) is 1. The number of thiophene rings is 1. The molecule has 0 spiro atoms. The van der Waals surface area contributed by atoms with Crippen LogP contribution in [0.3, 0.4) is 0 Å². The molecule has 4 heteroatoms. The molecule has 0 amide bonds. The Balaban J connectivity index is 2.15. The molecule has 0 saturated heterocycles. The van der Waals surface area contributed by atoms with Crippen LogP contribution in [-0.4, -0.2) is 24.4 Å². The molecule has 0 bridgehead atoms. The molecule has 0 aliphatic carbocycles. The first-order valence-electron chi connectivity index (χ1n) is 5.22. The average molecular weight is 249 g/mol. The highest BCUT2D eigenvalue weighted by Gasteiger charge is 2.07. The number of rotatable bonds is 7. The Hall–Kier alpha value is -0.0900. The second-order valence-corrected chi connectivity index (χ2v) is 5.20. The van der Waals surface area contributed by atoms with Gasteiger partial charge in [-0.25, -0.2) is 0 Å². The van der Waals surface area contributed by atoms with Gasteiger partial charge in [-0.3, -0.25) is 0 Å². The van der Waals surface area contributed by atoms with E-state index in [0.717, 1.165) is 35.3 Å². The van der Waals surface area contributed by atoms with E-state index < -0.39 is 0 Å². The van der Waals surface area contributed by atoms with Crippen LogP contribution in [0.5, 0.6) is 0 Å². The van der Waals surface area contributed by atoms with Gasteiger partial charge in [-0.05, 0) is 31.9 Å². The van der Waals surface area contributed by atoms with Crippen molar-refractivity contribution < 1.29 is 9.84 Å². The highest BCUT2D eigenvalue weighted by molar-refractivity contribution is 7.16. The minimum absolute atomic E-state index is 0.278. The molecule has 1 unspecified atom stereocenters. The highest BCUT2D eigenvalue weighted by Crippen LogP contribution is 2.23. The summed E-state index contributed by atoms with van der Waals surface area (Å²) in [5.74, 6) is 0. The Morgan fingerprint density at radius 1 is 1.53 bits per heavy atom. The predicted octanol–water partition coefficient (Wildman–Crippen LogP) is 3.12. The van der Waals surface area contributed by atoms with E-state index in [4.69, 9.17) is 16.3 Å². The average Bonchev–Trinajstić information content (AvgIpc) is 2.59. The van der Waals surface area contributed by atoms with Crippen LogP contribution in [0.25, 0.3) is 0 Å². The van der Waals surface area contributed by atoms with E-state index in [1.54, 1.807) is 0 Å². The zero-order valence-electron chi connectivity index (χ0n) is 8.91. The fourth-order valence-corrected chi connectivity index (χ4v) is 2.52. The van der Waals surface area contributed by atoms with Crippen LogP contribution < -0.4 is 0 Å². The molecule has 86 valence electrons. The molecule has 0 saturated carbocycles. The molecule has 1 N–H and O–H groups in total. The predicted molar refractivity (Wildman–Crippen MR) is 64.8 cm³/mol. The summed E-state index contributed by atoms with van der Waals surface area (Å²) in [4.78, 5) is 1.14. The van der Waals surface area contributed by atoms with E-state index in [1.165, 1.54) is 11.3 Å². The number of aliphatic hydroxyl groups is 1. The van der Waals surface area contributed by atoms with Crippen molar-refractivity contribution in [2.45, 2.75) is 32.3 Å². The third-order valence-electron chi connectivity index (χ3n) is 2.10. The Bertz CT molecular complexity index is 275.